The zero-order valence-electron chi connectivity index (χ0n) is 10.7. The molecule has 1 rings (SSSR count). The third kappa shape index (κ3) is 6.36. The molecule has 0 aromatic carbocycles. The predicted octanol–water partition coefficient (Wildman–Crippen LogP) is 3.40. The summed E-state index contributed by atoms with van der Waals surface area (Å²) in [6.07, 6.45) is 8.67. The molecule has 0 saturated carbocycles. The predicted molar refractivity (Wildman–Crippen MR) is 71.3 cm³/mol. The molecule has 96 valence electrons. The van der Waals surface area contributed by atoms with Gasteiger partial charge in [-0.3, -0.25) is 4.79 Å². The van der Waals surface area contributed by atoms with Crippen LogP contribution in [0.4, 0.5) is 5.13 Å². The maximum Gasteiger partial charge on any atom is 0.223 e. The van der Waals surface area contributed by atoms with Gasteiger partial charge in [0, 0.05) is 13.3 Å². The van der Waals surface area contributed by atoms with Crippen molar-refractivity contribution >= 4 is 22.4 Å². The smallest absolute Gasteiger partial charge is 0.223 e. The Balaban J connectivity index is 2.14. The number of unbranched alkanes of at least 4 members (excludes halogenated alkanes) is 5. The zero-order valence-corrected chi connectivity index (χ0v) is 11.5. The van der Waals surface area contributed by atoms with E-state index in [9.17, 15) is 4.79 Å². The molecular weight excluding hydrogens is 234 g/mol. The Labute approximate surface area is 107 Å². The van der Waals surface area contributed by atoms with Gasteiger partial charge in [-0.25, -0.2) is 0 Å². The molecule has 1 aromatic rings. The number of aryl methyl sites for hydroxylation is 1. The summed E-state index contributed by atoms with van der Waals surface area (Å²) in [5.74, 6) is -0.0905. The highest BCUT2D eigenvalue weighted by molar-refractivity contribution is 7.15. The third-order valence-corrected chi connectivity index (χ3v) is 3.39. The first kappa shape index (κ1) is 14.1. The lowest BCUT2D eigenvalue weighted by atomic mass is 10.1. The van der Waals surface area contributed by atoms with Crippen LogP contribution in [0.2, 0.25) is 0 Å². The fourth-order valence-electron chi connectivity index (χ4n) is 1.61. The van der Waals surface area contributed by atoms with Gasteiger partial charge in [0.1, 0.15) is 5.01 Å². The Morgan fingerprint density at radius 2 is 1.88 bits per heavy atom. The Morgan fingerprint density at radius 1 is 1.18 bits per heavy atom. The van der Waals surface area contributed by atoms with E-state index in [4.69, 9.17) is 0 Å². The summed E-state index contributed by atoms with van der Waals surface area (Å²) >= 11 is 1.48. The average Bonchev–Trinajstić information content (AvgIpc) is 2.70. The van der Waals surface area contributed by atoms with Gasteiger partial charge in [-0.1, -0.05) is 50.4 Å². The second kappa shape index (κ2) is 8.17. The summed E-state index contributed by atoms with van der Waals surface area (Å²) in [5, 5.41) is 12.3. The van der Waals surface area contributed by atoms with Crippen LogP contribution < -0.4 is 5.32 Å². The summed E-state index contributed by atoms with van der Waals surface area (Å²) < 4.78 is 0. The lowest BCUT2D eigenvalue weighted by molar-refractivity contribution is -0.114. The number of anilines is 1. The maximum absolute atomic E-state index is 10.8. The largest absolute Gasteiger partial charge is 0.301 e. The first-order valence-corrected chi connectivity index (χ1v) is 7.14. The molecule has 1 amide bonds. The summed E-state index contributed by atoms with van der Waals surface area (Å²) in [6, 6.07) is 0. The van der Waals surface area contributed by atoms with Gasteiger partial charge in [0.2, 0.25) is 11.0 Å². The van der Waals surface area contributed by atoms with E-state index in [1.807, 2.05) is 0 Å². The van der Waals surface area contributed by atoms with E-state index in [1.54, 1.807) is 0 Å². The van der Waals surface area contributed by atoms with E-state index >= 15 is 0 Å². The standard InChI is InChI=1S/C12H21N3OS/c1-3-4-5-6-7-8-9-11-14-15-12(17-11)13-10(2)16/h3-9H2,1-2H3,(H,13,15,16). The molecule has 1 aromatic heterocycles. The molecule has 0 fully saturated rings. The molecule has 0 radical (unpaired) electrons. The minimum absolute atomic E-state index is 0.0905. The summed E-state index contributed by atoms with van der Waals surface area (Å²) in [4.78, 5) is 10.8. The highest BCUT2D eigenvalue weighted by Gasteiger charge is 2.04. The molecule has 4 nitrogen and oxygen atoms in total. The number of hydrogen-bond acceptors (Lipinski definition) is 4. The van der Waals surface area contributed by atoms with Crippen LogP contribution in [0.15, 0.2) is 0 Å². The van der Waals surface area contributed by atoms with Crippen molar-refractivity contribution in [3.8, 4) is 0 Å². The minimum Gasteiger partial charge on any atom is -0.301 e. The fraction of sp³-hybridized carbons (Fsp3) is 0.750. The van der Waals surface area contributed by atoms with E-state index in [-0.39, 0.29) is 5.91 Å². The number of amides is 1. The van der Waals surface area contributed by atoms with E-state index < -0.39 is 0 Å². The number of nitrogens with one attached hydrogen (secondary N) is 1. The average molecular weight is 255 g/mol. The van der Waals surface area contributed by atoms with Crippen molar-refractivity contribution in [2.45, 2.75) is 58.8 Å². The first-order chi connectivity index (χ1) is 8.22. The number of rotatable bonds is 8. The molecule has 1 N–H and O–H groups in total. The molecule has 0 unspecified atom stereocenters. The number of aromatic nitrogens is 2. The van der Waals surface area contributed by atoms with Gasteiger partial charge in [-0.15, -0.1) is 10.2 Å². The lowest BCUT2D eigenvalue weighted by Crippen LogP contribution is -2.04. The van der Waals surface area contributed by atoms with Crippen LogP contribution in [0, 0.1) is 0 Å². The molecule has 5 heteroatoms. The Hall–Kier alpha value is -0.970. The monoisotopic (exact) mass is 255 g/mol. The van der Waals surface area contributed by atoms with Gasteiger partial charge < -0.3 is 5.32 Å². The second-order valence-corrected chi connectivity index (χ2v) is 5.26. The molecule has 17 heavy (non-hydrogen) atoms. The van der Waals surface area contributed by atoms with Gasteiger partial charge in [0.25, 0.3) is 0 Å². The van der Waals surface area contributed by atoms with Crippen molar-refractivity contribution < 1.29 is 4.79 Å². The van der Waals surface area contributed by atoms with Crippen LogP contribution in [-0.4, -0.2) is 16.1 Å². The van der Waals surface area contributed by atoms with E-state index in [0.29, 0.717) is 5.13 Å². The number of carbonyl (C=O) groups excluding carboxylic acids is 1. The Bertz CT molecular complexity index is 338. The molecule has 0 aliphatic carbocycles. The molecule has 0 atom stereocenters. The summed E-state index contributed by atoms with van der Waals surface area (Å²) in [6.45, 7) is 3.71. The normalized spacial score (nSPS) is 10.5. The number of nitrogens with zero attached hydrogens (tertiary/aromatic N) is 2. The van der Waals surface area contributed by atoms with Gasteiger partial charge in [-0.05, 0) is 6.42 Å². The summed E-state index contributed by atoms with van der Waals surface area (Å²) in [7, 11) is 0. The second-order valence-electron chi connectivity index (χ2n) is 4.20. The van der Waals surface area contributed by atoms with Crippen molar-refractivity contribution in [2.24, 2.45) is 0 Å². The van der Waals surface area contributed by atoms with E-state index in [1.165, 1.54) is 56.8 Å². The van der Waals surface area contributed by atoms with E-state index in [0.717, 1.165) is 11.4 Å². The lowest BCUT2D eigenvalue weighted by Gasteiger charge is -1.98. The van der Waals surface area contributed by atoms with Gasteiger partial charge in [0.05, 0.1) is 0 Å². The van der Waals surface area contributed by atoms with Crippen LogP contribution in [0.5, 0.6) is 0 Å². The maximum atomic E-state index is 10.8. The van der Waals surface area contributed by atoms with Crippen molar-refractivity contribution in [2.75, 3.05) is 5.32 Å². The highest BCUT2D eigenvalue weighted by atomic mass is 32.1. The zero-order chi connectivity index (χ0) is 12.5. The SMILES string of the molecule is CCCCCCCCc1nnc(NC(C)=O)s1. The van der Waals surface area contributed by atoms with Crippen LogP contribution >= 0.6 is 11.3 Å². The van der Waals surface area contributed by atoms with Crippen LogP contribution in [0.3, 0.4) is 0 Å². The molecular formula is C12H21N3OS. The number of carbonyl (C=O) groups is 1. The Morgan fingerprint density at radius 3 is 2.59 bits per heavy atom. The van der Waals surface area contributed by atoms with Crippen molar-refractivity contribution in [1.29, 1.82) is 0 Å². The van der Waals surface area contributed by atoms with Gasteiger partial charge in [0.15, 0.2) is 0 Å². The first-order valence-electron chi connectivity index (χ1n) is 6.32. The fourth-order valence-corrected chi connectivity index (χ4v) is 2.44. The van der Waals surface area contributed by atoms with Crippen molar-refractivity contribution in [3.63, 3.8) is 0 Å². The Kier molecular flexibility index (Phi) is 6.77. The van der Waals surface area contributed by atoms with Gasteiger partial charge in [-0.2, -0.15) is 0 Å². The molecule has 0 spiro atoms. The van der Waals surface area contributed by atoms with Crippen molar-refractivity contribution in [1.82, 2.24) is 10.2 Å². The molecule has 0 aliphatic rings. The molecule has 0 aliphatic heterocycles. The quantitative estimate of drug-likeness (QED) is 0.724. The topological polar surface area (TPSA) is 54.9 Å². The van der Waals surface area contributed by atoms with Gasteiger partial charge >= 0.3 is 0 Å². The van der Waals surface area contributed by atoms with Crippen LogP contribution in [0.1, 0.15) is 57.4 Å². The van der Waals surface area contributed by atoms with Crippen LogP contribution in [-0.2, 0) is 11.2 Å². The molecule has 0 bridgehead atoms. The van der Waals surface area contributed by atoms with Crippen molar-refractivity contribution in [3.05, 3.63) is 5.01 Å². The molecule has 0 saturated heterocycles. The van der Waals surface area contributed by atoms with E-state index in [2.05, 4.69) is 22.4 Å². The molecule has 1 heterocycles. The highest BCUT2D eigenvalue weighted by Crippen LogP contribution is 2.17. The van der Waals surface area contributed by atoms with Crippen LogP contribution in [0.25, 0.3) is 0 Å². The minimum atomic E-state index is -0.0905. The summed E-state index contributed by atoms with van der Waals surface area (Å²) in [5.41, 5.74) is 0. The number of hydrogen-bond donors (Lipinski definition) is 1. The third-order valence-electron chi connectivity index (χ3n) is 2.49.